The van der Waals surface area contributed by atoms with Crippen LogP contribution in [0.1, 0.15) is 207 Å². The van der Waals surface area contributed by atoms with E-state index in [0.717, 1.165) is 31.6 Å². The van der Waals surface area contributed by atoms with Crippen LogP contribution < -0.4 is 0 Å². The van der Waals surface area contributed by atoms with Gasteiger partial charge in [-0.15, -0.1) is 0 Å². The Morgan fingerprint density at radius 1 is 0.447 bits per heavy atom. The van der Waals surface area contributed by atoms with Crippen molar-refractivity contribution in [3.8, 4) is 0 Å². The Labute approximate surface area is 240 Å². The molecule has 1 radical (unpaired) electrons. The van der Waals surface area contributed by atoms with Crippen LogP contribution in [0.4, 0.5) is 0 Å². The molecule has 0 fully saturated rings. The fourth-order valence-corrected chi connectivity index (χ4v) is 6.19. The monoisotopic (exact) mass is 557 g/mol. The van der Waals surface area contributed by atoms with E-state index in [0.29, 0.717) is 0 Å². The van der Waals surface area contributed by atoms with Crippen LogP contribution in [0.15, 0.2) is 0 Å². The van der Waals surface area contributed by atoms with Crippen molar-refractivity contribution < 1.29 is 13.0 Å². The van der Waals surface area contributed by atoms with Crippen molar-refractivity contribution in [2.24, 2.45) is 0 Å². The zero-order chi connectivity index (χ0) is 28.4. The topological polar surface area (TPSA) is 54.4 Å². The summed E-state index contributed by atoms with van der Waals surface area (Å²) in [5.41, 5.74) is 0. The van der Waals surface area contributed by atoms with Crippen LogP contribution in [-0.2, 0) is 10.1 Å². The number of rotatable bonds is 30. The Balaban J connectivity index is 3.90. The first-order chi connectivity index (χ1) is 18.3. The van der Waals surface area contributed by atoms with Gasteiger partial charge in [-0.25, -0.2) is 0 Å². The Morgan fingerprint density at radius 2 is 0.658 bits per heavy atom. The van der Waals surface area contributed by atoms with Crippen molar-refractivity contribution >= 4 is 10.1 Å². The molecule has 0 atom stereocenters. The first-order valence-electron chi connectivity index (χ1n) is 17.1. The average molecular weight is 558 g/mol. The van der Waals surface area contributed by atoms with Gasteiger partial charge < -0.3 is 0 Å². The van der Waals surface area contributed by atoms with E-state index < -0.39 is 14.9 Å². The SMILES string of the molecule is CCCCCCCCCCCCCCCCCC[C](CCCCCCCCCCCC)C(C)(C)S(=O)(=O)O. The van der Waals surface area contributed by atoms with Gasteiger partial charge in [0.15, 0.2) is 0 Å². The molecular formula is C34H69O3S. The Bertz CT molecular complexity index is 585. The van der Waals surface area contributed by atoms with E-state index in [-0.39, 0.29) is 0 Å². The molecule has 0 aliphatic carbocycles. The molecule has 0 aromatic carbocycles. The third-order valence-corrected chi connectivity index (χ3v) is 10.2. The maximum Gasteiger partial charge on any atom is 0.270 e. The molecule has 0 heterocycles. The van der Waals surface area contributed by atoms with E-state index in [1.54, 1.807) is 13.8 Å². The highest BCUT2D eigenvalue weighted by atomic mass is 32.2. The maximum atomic E-state index is 12.1. The molecule has 0 bridgehead atoms. The first kappa shape index (κ1) is 37.9. The molecule has 0 saturated carbocycles. The minimum Gasteiger partial charge on any atom is -0.285 e. The summed E-state index contributed by atoms with van der Waals surface area (Å²) >= 11 is 0. The van der Waals surface area contributed by atoms with Crippen molar-refractivity contribution in [2.75, 3.05) is 0 Å². The molecule has 0 saturated heterocycles. The lowest BCUT2D eigenvalue weighted by atomic mass is 9.85. The highest BCUT2D eigenvalue weighted by Gasteiger charge is 2.40. The lowest BCUT2D eigenvalue weighted by Crippen LogP contribution is -2.38. The summed E-state index contributed by atoms with van der Waals surface area (Å²) in [6, 6.07) is 0. The highest BCUT2D eigenvalue weighted by molar-refractivity contribution is 7.87. The van der Waals surface area contributed by atoms with E-state index in [9.17, 15) is 13.0 Å². The first-order valence-corrected chi connectivity index (χ1v) is 18.5. The molecule has 0 amide bonds. The van der Waals surface area contributed by atoms with Crippen LogP contribution in [0.3, 0.4) is 0 Å². The van der Waals surface area contributed by atoms with Crippen LogP contribution >= 0.6 is 0 Å². The van der Waals surface area contributed by atoms with Crippen LogP contribution in [0, 0.1) is 5.92 Å². The number of unbranched alkanes of at least 4 members (excludes halogenated alkanes) is 24. The predicted molar refractivity (Wildman–Crippen MR) is 169 cm³/mol. The maximum absolute atomic E-state index is 12.1. The molecule has 1 N–H and O–H groups in total. The van der Waals surface area contributed by atoms with Gasteiger partial charge in [-0.3, -0.25) is 4.55 Å². The lowest BCUT2D eigenvalue weighted by Gasteiger charge is -2.31. The molecule has 0 spiro atoms. The number of hydrogen-bond acceptors (Lipinski definition) is 2. The van der Waals surface area contributed by atoms with Gasteiger partial charge in [-0.2, -0.15) is 8.42 Å². The molecule has 3 nitrogen and oxygen atoms in total. The number of hydrogen-bond donors (Lipinski definition) is 1. The van der Waals surface area contributed by atoms with Crippen molar-refractivity contribution in [2.45, 2.75) is 212 Å². The smallest absolute Gasteiger partial charge is 0.270 e. The van der Waals surface area contributed by atoms with Crippen LogP contribution in [0.2, 0.25) is 0 Å². The molecule has 4 heteroatoms. The molecule has 0 aromatic heterocycles. The summed E-state index contributed by atoms with van der Waals surface area (Å²) in [5, 5.41) is 0. The molecule has 0 unspecified atom stereocenters. The van der Waals surface area contributed by atoms with Crippen molar-refractivity contribution in [3.05, 3.63) is 5.92 Å². The highest BCUT2D eigenvalue weighted by Crippen LogP contribution is 2.36. The summed E-state index contributed by atoms with van der Waals surface area (Å²) in [6.45, 7) is 7.93. The minimum absolute atomic E-state index is 0.835. The van der Waals surface area contributed by atoms with Gasteiger partial charge >= 0.3 is 0 Å². The van der Waals surface area contributed by atoms with Gasteiger partial charge in [-0.1, -0.05) is 181 Å². The van der Waals surface area contributed by atoms with Gasteiger partial charge in [-0.05, 0) is 32.6 Å². The molecule has 0 rings (SSSR count). The molecule has 0 aliphatic rings. The average Bonchev–Trinajstić information content (AvgIpc) is 2.87. The zero-order valence-electron chi connectivity index (χ0n) is 26.5. The van der Waals surface area contributed by atoms with E-state index in [2.05, 4.69) is 13.8 Å². The summed E-state index contributed by atoms with van der Waals surface area (Å²) in [6.07, 6.45) is 36.0. The third-order valence-electron chi connectivity index (χ3n) is 8.66. The van der Waals surface area contributed by atoms with Gasteiger partial charge in [0.05, 0.1) is 4.75 Å². The minimum atomic E-state index is -4.07. The normalized spacial score (nSPS) is 12.6. The standard InChI is InChI=1S/C34H69O3S/c1-5-7-9-11-13-15-17-18-19-20-21-22-24-26-28-30-32-33(34(3,4)38(35,36)37)31-29-27-25-23-16-14-12-10-8-6-2/h5-32H2,1-4H3,(H,35,36,37). The van der Waals surface area contributed by atoms with Gasteiger partial charge in [0, 0.05) is 0 Å². The fourth-order valence-electron chi connectivity index (χ4n) is 5.62. The Morgan fingerprint density at radius 3 is 0.868 bits per heavy atom. The largest absolute Gasteiger partial charge is 0.285 e. The second-order valence-electron chi connectivity index (χ2n) is 12.6. The van der Waals surface area contributed by atoms with Gasteiger partial charge in [0.25, 0.3) is 10.1 Å². The second kappa shape index (κ2) is 25.8. The zero-order valence-corrected chi connectivity index (χ0v) is 27.3. The van der Waals surface area contributed by atoms with Crippen LogP contribution in [0.5, 0.6) is 0 Å². The van der Waals surface area contributed by atoms with Gasteiger partial charge in [0.2, 0.25) is 0 Å². The van der Waals surface area contributed by atoms with E-state index in [4.69, 9.17) is 0 Å². The third kappa shape index (κ3) is 21.7. The molecule has 0 aromatic rings. The molecule has 0 aliphatic heterocycles. The van der Waals surface area contributed by atoms with Crippen molar-refractivity contribution in [1.29, 1.82) is 0 Å². The van der Waals surface area contributed by atoms with E-state index in [1.165, 1.54) is 154 Å². The molecular weight excluding hydrogens is 488 g/mol. The Kier molecular flexibility index (Phi) is 25.8. The summed E-state index contributed by atoms with van der Waals surface area (Å²) in [5.74, 6) is 1.03. The fraction of sp³-hybridized carbons (Fsp3) is 0.971. The predicted octanol–water partition coefficient (Wildman–Crippen LogP) is 12.2. The van der Waals surface area contributed by atoms with Crippen LogP contribution in [0.25, 0.3) is 0 Å². The van der Waals surface area contributed by atoms with E-state index in [1.807, 2.05) is 0 Å². The van der Waals surface area contributed by atoms with Crippen molar-refractivity contribution in [3.63, 3.8) is 0 Å². The lowest BCUT2D eigenvalue weighted by molar-refractivity contribution is 0.421. The molecule has 229 valence electrons. The summed E-state index contributed by atoms with van der Waals surface area (Å²) in [4.78, 5) is 0. The quantitative estimate of drug-likeness (QED) is 0.0705. The van der Waals surface area contributed by atoms with E-state index >= 15 is 0 Å². The van der Waals surface area contributed by atoms with Crippen molar-refractivity contribution in [1.82, 2.24) is 0 Å². The summed E-state index contributed by atoms with van der Waals surface area (Å²) in [7, 11) is -4.07. The summed E-state index contributed by atoms with van der Waals surface area (Å²) < 4.78 is 32.9. The Hall–Kier alpha value is -0.0900. The molecule has 38 heavy (non-hydrogen) atoms. The van der Waals surface area contributed by atoms with Gasteiger partial charge in [0.1, 0.15) is 0 Å². The second-order valence-corrected chi connectivity index (χ2v) is 14.5. The van der Waals surface area contributed by atoms with Crippen LogP contribution in [-0.4, -0.2) is 17.7 Å².